The van der Waals surface area contributed by atoms with Gasteiger partial charge in [0.05, 0.1) is 35.4 Å². The van der Waals surface area contributed by atoms with Crippen LogP contribution >= 0.6 is 23.2 Å². The predicted molar refractivity (Wildman–Crippen MR) is 117 cm³/mol. The van der Waals surface area contributed by atoms with Crippen LogP contribution in [0.3, 0.4) is 0 Å². The Labute approximate surface area is 196 Å². The molecule has 4 aromatic rings. The minimum absolute atomic E-state index is 0.0935. The van der Waals surface area contributed by atoms with Crippen LogP contribution in [0.15, 0.2) is 49.1 Å². The zero-order valence-corrected chi connectivity index (χ0v) is 18.9. The number of imidazole rings is 1. The van der Waals surface area contributed by atoms with E-state index in [9.17, 15) is 18.3 Å². The average Bonchev–Trinajstić information content (AvgIpc) is 3.22. The van der Waals surface area contributed by atoms with Crippen molar-refractivity contribution in [2.45, 2.75) is 18.7 Å². The summed E-state index contributed by atoms with van der Waals surface area (Å²) in [5, 5.41) is 12.7. The smallest absolute Gasteiger partial charge is 0.433 e. The molecular formula is C22H17Cl2F3N4O2. The van der Waals surface area contributed by atoms with Gasteiger partial charge in [-0.3, -0.25) is 4.98 Å². The molecule has 3 aromatic heterocycles. The highest BCUT2D eigenvalue weighted by Crippen LogP contribution is 2.42. The van der Waals surface area contributed by atoms with Gasteiger partial charge in [-0.25, -0.2) is 9.97 Å². The number of nitrogens with zero attached hydrogens (tertiary/aromatic N) is 4. The maximum atomic E-state index is 13.0. The quantitative estimate of drug-likeness (QED) is 0.376. The number of benzene rings is 1. The van der Waals surface area contributed by atoms with Crippen LogP contribution in [0.2, 0.25) is 10.2 Å². The number of aromatic nitrogens is 4. The van der Waals surface area contributed by atoms with Crippen molar-refractivity contribution in [3.8, 4) is 5.75 Å². The minimum Gasteiger partial charge on any atom is -0.489 e. The molecule has 0 aliphatic carbocycles. The van der Waals surface area contributed by atoms with E-state index >= 15 is 0 Å². The Hall–Kier alpha value is -2.88. The van der Waals surface area contributed by atoms with E-state index in [-0.39, 0.29) is 21.5 Å². The molecule has 1 N–H and O–H groups in total. The van der Waals surface area contributed by atoms with Gasteiger partial charge in [0, 0.05) is 24.2 Å². The fourth-order valence-electron chi connectivity index (χ4n) is 3.61. The maximum absolute atomic E-state index is 13.0. The number of halogens is 5. The fraction of sp³-hybridized carbons (Fsp3) is 0.227. The van der Waals surface area contributed by atoms with Crippen LogP contribution in [0.4, 0.5) is 13.2 Å². The van der Waals surface area contributed by atoms with Crippen molar-refractivity contribution in [1.29, 1.82) is 0 Å². The van der Waals surface area contributed by atoms with Crippen molar-refractivity contribution < 1.29 is 23.0 Å². The van der Waals surface area contributed by atoms with Gasteiger partial charge in [0.25, 0.3) is 0 Å². The minimum atomic E-state index is -4.61. The first kappa shape index (κ1) is 23.3. The highest BCUT2D eigenvalue weighted by molar-refractivity contribution is 6.40. The number of hydrogen-bond acceptors (Lipinski definition) is 5. The molecule has 33 heavy (non-hydrogen) atoms. The van der Waals surface area contributed by atoms with Gasteiger partial charge in [0.15, 0.2) is 16.5 Å². The number of rotatable bonds is 5. The zero-order valence-electron chi connectivity index (χ0n) is 17.4. The Morgan fingerprint density at radius 1 is 1.09 bits per heavy atom. The zero-order chi connectivity index (χ0) is 24.0. The lowest BCUT2D eigenvalue weighted by molar-refractivity contribution is -0.141. The number of hydrogen-bond donors (Lipinski definition) is 1. The van der Waals surface area contributed by atoms with Crippen LogP contribution in [-0.2, 0) is 18.8 Å². The van der Waals surface area contributed by atoms with Crippen molar-refractivity contribution in [2.24, 2.45) is 7.05 Å². The fourth-order valence-corrected chi connectivity index (χ4v) is 4.20. The summed E-state index contributed by atoms with van der Waals surface area (Å²) in [6, 6.07) is 6.79. The van der Waals surface area contributed by atoms with Gasteiger partial charge in [-0.1, -0.05) is 35.3 Å². The Bertz CT molecular complexity index is 1330. The molecule has 11 heteroatoms. The van der Waals surface area contributed by atoms with Gasteiger partial charge in [0.2, 0.25) is 0 Å². The third-order valence-electron chi connectivity index (χ3n) is 5.20. The Kier molecular flexibility index (Phi) is 5.98. The van der Waals surface area contributed by atoms with Crippen LogP contribution in [0.25, 0.3) is 10.9 Å². The summed E-state index contributed by atoms with van der Waals surface area (Å²) in [5.41, 5.74) is -1.78. The summed E-state index contributed by atoms with van der Waals surface area (Å²) in [6.45, 7) is 2.08. The van der Waals surface area contributed by atoms with Crippen molar-refractivity contribution in [3.05, 3.63) is 81.7 Å². The van der Waals surface area contributed by atoms with Crippen LogP contribution in [-0.4, -0.2) is 31.2 Å². The van der Waals surface area contributed by atoms with E-state index in [0.29, 0.717) is 28.8 Å². The predicted octanol–water partition coefficient (Wildman–Crippen LogP) is 5.37. The monoisotopic (exact) mass is 496 g/mol. The van der Waals surface area contributed by atoms with Gasteiger partial charge in [-0.15, -0.1) is 0 Å². The second-order valence-corrected chi connectivity index (χ2v) is 7.98. The van der Waals surface area contributed by atoms with Gasteiger partial charge >= 0.3 is 6.18 Å². The number of ether oxygens (including phenoxy) is 1. The van der Waals surface area contributed by atoms with Crippen molar-refractivity contribution in [3.63, 3.8) is 0 Å². The topological polar surface area (TPSA) is 73.1 Å². The molecule has 1 atom stereocenters. The highest BCUT2D eigenvalue weighted by Gasteiger charge is 2.39. The lowest BCUT2D eigenvalue weighted by Crippen LogP contribution is -2.31. The molecule has 1 unspecified atom stereocenters. The first-order chi connectivity index (χ1) is 15.6. The van der Waals surface area contributed by atoms with Crippen molar-refractivity contribution in [2.75, 3.05) is 6.61 Å². The number of pyridine rings is 2. The molecule has 1 aromatic carbocycles. The molecule has 0 amide bonds. The number of aliphatic hydroxyl groups is 1. The first-order valence-electron chi connectivity index (χ1n) is 9.72. The SMILES string of the molecule is CCOc1c(Cl)nc2ccc(C(O)(c3ccc(C(F)(F)F)nc3)c3cncn3C)cc2c1Cl. The Morgan fingerprint density at radius 2 is 1.82 bits per heavy atom. The summed E-state index contributed by atoms with van der Waals surface area (Å²) in [5.74, 6) is 0.200. The molecule has 172 valence electrons. The van der Waals surface area contributed by atoms with E-state index in [4.69, 9.17) is 27.9 Å². The summed E-state index contributed by atoms with van der Waals surface area (Å²) >= 11 is 12.7. The van der Waals surface area contributed by atoms with Crippen LogP contribution in [0.5, 0.6) is 5.75 Å². The normalized spacial score (nSPS) is 13.8. The van der Waals surface area contributed by atoms with Crippen molar-refractivity contribution >= 4 is 34.1 Å². The van der Waals surface area contributed by atoms with Gasteiger partial charge in [0.1, 0.15) is 5.69 Å². The molecule has 6 nitrogen and oxygen atoms in total. The molecule has 3 heterocycles. The average molecular weight is 497 g/mol. The van der Waals surface area contributed by atoms with E-state index in [2.05, 4.69) is 15.0 Å². The number of alkyl halides is 3. The molecule has 0 radical (unpaired) electrons. The van der Waals surface area contributed by atoms with E-state index in [1.807, 2.05) is 0 Å². The molecule has 0 saturated heterocycles. The lowest BCUT2D eigenvalue weighted by atomic mass is 9.83. The third-order valence-corrected chi connectivity index (χ3v) is 5.84. The number of fused-ring (bicyclic) bond motifs is 1. The van der Waals surface area contributed by atoms with E-state index in [0.717, 1.165) is 12.3 Å². The molecule has 0 saturated carbocycles. The van der Waals surface area contributed by atoms with E-state index in [1.54, 1.807) is 36.7 Å². The second-order valence-electron chi connectivity index (χ2n) is 7.24. The van der Waals surface area contributed by atoms with Gasteiger partial charge < -0.3 is 14.4 Å². The summed E-state index contributed by atoms with van der Waals surface area (Å²) in [4.78, 5) is 11.9. The Balaban J connectivity index is 1.96. The summed E-state index contributed by atoms with van der Waals surface area (Å²) in [7, 11) is 1.66. The second kappa shape index (κ2) is 8.48. The van der Waals surface area contributed by atoms with Gasteiger partial charge in [-0.05, 0) is 30.7 Å². The third kappa shape index (κ3) is 4.01. The first-order valence-corrected chi connectivity index (χ1v) is 10.5. The lowest BCUT2D eigenvalue weighted by Gasteiger charge is -2.30. The summed E-state index contributed by atoms with van der Waals surface area (Å²) < 4.78 is 46.2. The van der Waals surface area contributed by atoms with Crippen LogP contribution in [0.1, 0.15) is 29.4 Å². The number of aryl methyl sites for hydroxylation is 1. The summed E-state index contributed by atoms with van der Waals surface area (Å²) in [6.07, 6.45) is -0.719. The van der Waals surface area contributed by atoms with Crippen molar-refractivity contribution in [1.82, 2.24) is 19.5 Å². The molecule has 0 spiro atoms. The largest absolute Gasteiger partial charge is 0.489 e. The molecule has 4 rings (SSSR count). The molecule has 0 bridgehead atoms. The molecular weight excluding hydrogens is 480 g/mol. The van der Waals surface area contributed by atoms with Crippen LogP contribution < -0.4 is 4.74 Å². The van der Waals surface area contributed by atoms with E-state index < -0.39 is 17.5 Å². The van der Waals surface area contributed by atoms with Crippen LogP contribution in [0, 0.1) is 0 Å². The van der Waals surface area contributed by atoms with Gasteiger partial charge in [-0.2, -0.15) is 13.2 Å². The maximum Gasteiger partial charge on any atom is 0.433 e. The molecule has 0 aliphatic rings. The van der Waals surface area contributed by atoms with E-state index in [1.165, 1.54) is 18.6 Å². The Morgan fingerprint density at radius 3 is 2.39 bits per heavy atom. The highest BCUT2D eigenvalue weighted by atomic mass is 35.5. The molecule has 0 fully saturated rings. The standard InChI is InChI=1S/C22H17Cl2F3N4O2/c1-3-33-19-18(23)14-8-12(4-6-15(14)30-20(19)24)21(32,17-10-28-11-31(17)2)13-5-7-16(29-9-13)22(25,26)27/h4-11,32H,3H2,1-2H3. The molecule has 0 aliphatic heterocycles.